The second kappa shape index (κ2) is 8.78. The van der Waals surface area contributed by atoms with E-state index in [-0.39, 0.29) is 5.91 Å². The van der Waals surface area contributed by atoms with Crippen LogP contribution in [-0.4, -0.2) is 38.8 Å². The lowest BCUT2D eigenvalue weighted by Crippen LogP contribution is -2.29. The fourth-order valence-electron chi connectivity index (χ4n) is 3.33. The van der Waals surface area contributed by atoms with Crippen LogP contribution in [0.1, 0.15) is 27.3 Å². The molecule has 0 spiro atoms. The van der Waals surface area contributed by atoms with Crippen LogP contribution < -0.4 is 4.74 Å². The number of carbonyl (C=O) groups is 1. The number of fused-ring (bicyclic) bond motifs is 1. The van der Waals surface area contributed by atoms with Crippen molar-refractivity contribution in [2.24, 2.45) is 0 Å². The highest BCUT2D eigenvalue weighted by Gasteiger charge is 2.17. The van der Waals surface area contributed by atoms with Crippen molar-refractivity contribution < 1.29 is 9.53 Å². The number of aryl methyl sites for hydroxylation is 1. The largest absolute Gasteiger partial charge is 0.486 e. The number of para-hydroxylation sites is 1. The molecule has 0 bridgehead atoms. The van der Waals surface area contributed by atoms with Gasteiger partial charge < -0.3 is 14.0 Å². The van der Waals surface area contributed by atoms with E-state index in [1.54, 1.807) is 24.2 Å². The second-order valence-electron chi connectivity index (χ2n) is 7.24. The predicted molar refractivity (Wildman–Crippen MR) is 116 cm³/mol. The number of rotatable bonds is 7. The Labute approximate surface area is 175 Å². The summed E-state index contributed by atoms with van der Waals surface area (Å²) in [5, 5.41) is 0. The van der Waals surface area contributed by atoms with Crippen molar-refractivity contribution in [3.63, 3.8) is 0 Å². The molecule has 0 fully saturated rings. The van der Waals surface area contributed by atoms with Crippen molar-refractivity contribution in [2.75, 3.05) is 13.6 Å². The fourth-order valence-corrected chi connectivity index (χ4v) is 3.33. The first kappa shape index (κ1) is 19.6. The molecule has 0 N–H and O–H groups in total. The van der Waals surface area contributed by atoms with Crippen LogP contribution in [0.3, 0.4) is 0 Å². The molecule has 3 heterocycles. The van der Waals surface area contributed by atoms with Gasteiger partial charge in [0.1, 0.15) is 18.0 Å². The number of aromatic nitrogens is 3. The maximum Gasteiger partial charge on any atom is 0.257 e. The smallest absolute Gasteiger partial charge is 0.257 e. The van der Waals surface area contributed by atoms with Gasteiger partial charge in [0.15, 0.2) is 0 Å². The monoisotopic (exact) mass is 400 g/mol. The summed E-state index contributed by atoms with van der Waals surface area (Å²) in [4.78, 5) is 23.6. The van der Waals surface area contributed by atoms with Crippen LogP contribution in [0.2, 0.25) is 0 Å². The predicted octanol–water partition coefficient (Wildman–Crippen LogP) is 3.93. The molecule has 4 rings (SSSR count). The molecule has 4 aromatic rings. The van der Waals surface area contributed by atoms with Gasteiger partial charge in [0.25, 0.3) is 5.91 Å². The van der Waals surface area contributed by atoms with Crippen LogP contribution in [0.25, 0.3) is 5.65 Å². The van der Waals surface area contributed by atoms with Crippen molar-refractivity contribution >= 4 is 11.6 Å². The molecule has 0 unspecified atom stereocenters. The van der Waals surface area contributed by atoms with Crippen LogP contribution in [-0.2, 0) is 13.0 Å². The third-order valence-corrected chi connectivity index (χ3v) is 5.00. The highest BCUT2D eigenvalue weighted by Crippen LogP contribution is 2.21. The molecule has 0 radical (unpaired) electrons. The number of pyridine rings is 2. The first-order valence-corrected chi connectivity index (χ1v) is 9.92. The fraction of sp³-hybridized carbons (Fsp3) is 0.208. The number of nitrogens with zero attached hydrogens (tertiary/aromatic N) is 4. The van der Waals surface area contributed by atoms with Gasteiger partial charge in [0.2, 0.25) is 0 Å². The number of hydrogen-bond acceptors (Lipinski definition) is 4. The zero-order valence-electron chi connectivity index (χ0n) is 17.2. The second-order valence-corrected chi connectivity index (χ2v) is 7.24. The maximum absolute atomic E-state index is 13.0. The van der Waals surface area contributed by atoms with Gasteiger partial charge in [-0.1, -0.05) is 24.3 Å². The van der Waals surface area contributed by atoms with Crippen molar-refractivity contribution in [2.45, 2.75) is 20.0 Å². The molecule has 0 aliphatic heterocycles. The normalized spacial score (nSPS) is 10.9. The Morgan fingerprint density at radius 2 is 1.90 bits per heavy atom. The lowest BCUT2D eigenvalue weighted by Gasteiger charge is -2.19. The summed E-state index contributed by atoms with van der Waals surface area (Å²) >= 11 is 0. The number of benzene rings is 1. The van der Waals surface area contributed by atoms with Crippen molar-refractivity contribution in [1.29, 1.82) is 0 Å². The molecular weight excluding hydrogens is 376 g/mol. The van der Waals surface area contributed by atoms with Crippen molar-refractivity contribution in [1.82, 2.24) is 19.3 Å². The van der Waals surface area contributed by atoms with E-state index in [0.29, 0.717) is 30.9 Å². The minimum absolute atomic E-state index is 0.0765. The summed E-state index contributed by atoms with van der Waals surface area (Å²) in [6.45, 7) is 2.90. The van der Waals surface area contributed by atoms with E-state index in [0.717, 1.165) is 22.6 Å². The first-order chi connectivity index (χ1) is 14.6. The number of imidazole rings is 1. The van der Waals surface area contributed by atoms with Crippen LogP contribution in [0.15, 0.2) is 73.2 Å². The van der Waals surface area contributed by atoms with Crippen molar-refractivity contribution in [3.8, 4) is 5.75 Å². The average molecular weight is 400 g/mol. The van der Waals surface area contributed by atoms with E-state index in [9.17, 15) is 4.79 Å². The number of amides is 1. The molecule has 6 heteroatoms. The molecule has 0 saturated heterocycles. The van der Waals surface area contributed by atoms with E-state index in [1.807, 2.05) is 72.2 Å². The Bertz CT molecular complexity index is 1150. The molecule has 1 amide bonds. The van der Waals surface area contributed by atoms with E-state index in [1.165, 1.54) is 0 Å². The van der Waals surface area contributed by atoms with E-state index in [4.69, 9.17) is 4.74 Å². The van der Waals surface area contributed by atoms with Gasteiger partial charge in [-0.25, -0.2) is 4.98 Å². The quantitative estimate of drug-likeness (QED) is 0.472. The van der Waals surface area contributed by atoms with Crippen molar-refractivity contribution in [3.05, 3.63) is 95.7 Å². The van der Waals surface area contributed by atoms with Gasteiger partial charge in [-0.2, -0.15) is 0 Å². The van der Waals surface area contributed by atoms with Gasteiger partial charge in [-0.05, 0) is 42.8 Å². The number of ether oxygens (including phenoxy) is 1. The number of hydrogen-bond donors (Lipinski definition) is 0. The van der Waals surface area contributed by atoms with Gasteiger partial charge in [0, 0.05) is 44.3 Å². The van der Waals surface area contributed by atoms with Gasteiger partial charge >= 0.3 is 0 Å². The van der Waals surface area contributed by atoms with E-state index < -0.39 is 0 Å². The highest BCUT2D eigenvalue weighted by molar-refractivity contribution is 5.96. The first-order valence-electron chi connectivity index (χ1n) is 9.92. The van der Waals surface area contributed by atoms with Gasteiger partial charge in [-0.15, -0.1) is 0 Å². The molecule has 0 aliphatic rings. The minimum Gasteiger partial charge on any atom is -0.486 e. The topological polar surface area (TPSA) is 59.7 Å². The Morgan fingerprint density at radius 1 is 1.07 bits per heavy atom. The zero-order valence-corrected chi connectivity index (χ0v) is 17.2. The molecular formula is C24H24N4O2. The molecule has 6 nitrogen and oxygen atoms in total. The summed E-state index contributed by atoms with van der Waals surface area (Å²) < 4.78 is 7.97. The Balaban J connectivity index is 1.44. The summed E-state index contributed by atoms with van der Waals surface area (Å²) in [6.07, 6.45) is 6.38. The molecule has 1 aromatic carbocycles. The lowest BCUT2D eigenvalue weighted by molar-refractivity contribution is 0.0791. The van der Waals surface area contributed by atoms with E-state index >= 15 is 0 Å². The summed E-state index contributed by atoms with van der Waals surface area (Å²) in [5.41, 5.74) is 4.34. The molecule has 0 aliphatic carbocycles. The highest BCUT2D eigenvalue weighted by atomic mass is 16.5. The molecule has 0 saturated carbocycles. The lowest BCUT2D eigenvalue weighted by atomic mass is 10.1. The summed E-state index contributed by atoms with van der Waals surface area (Å²) in [7, 11) is 1.80. The average Bonchev–Trinajstić information content (AvgIpc) is 3.21. The zero-order chi connectivity index (χ0) is 20.9. The Kier molecular flexibility index (Phi) is 5.75. The summed E-state index contributed by atoms with van der Waals surface area (Å²) in [5.74, 6) is 0.480. The summed E-state index contributed by atoms with van der Waals surface area (Å²) in [6, 6.07) is 17.2. The van der Waals surface area contributed by atoms with Crippen LogP contribution in [0.5, 0.6) is 5.75 Å². The van der Waals surface area contributed by atoms with Crippen LogP contribution in [0.4, 0.5) is 0 Å². The minimum atomic E-state index is -0.0765. The van der Waals surface area contributed by atoms with E-state index in [2.05, 4.69) is 9.97 Å². The maximum atomic E-state index is 13.0. The third-order valence-electron chi connectivity index (χ3n) is 5.00. The van der Waals surface area contributed by atoms with Gasteiger partial charge in [-0.3, -0.25) is 9.78 Å². The van der Waals surface area contributed by atoms with Crippen LogP contribution in [0, 0.1) is 6.92 Å². The third kappa shape index (κ3) is 4.33. The molecule has 30 heavy (non-hydrogen) atoms. The Morgan fingerprint density at radius 3 is 2.70 bits per heavy atom. The molecule has 152 valence electrons. The van der Waals surface area contributed by atoms with Gasteiger partial charge in [0.05, 0.1) is 11.3 Å². The van der Waals surface area contributed by atoms with Crippen LogP contribution >= 0.6 is 0 Å². The number of carbonyl (C=O) groups excluding carboxylic acids is 1. The SMILES string of the molecule is Cc1cccn2cc(COc3ccccc3C(=O)N(C)CCc3ccccn3)nc12. The number of likely N-dealkylation sites (N-methyl/N-ethyl adjacent to an activating group) is 1. The molecule has 3 aromatic heterocycles. The molecule has 0 atom stereocenters. The Hall–Kier alpha value is -3.67. The standard InChI is InChI=1S/C24H24N4O2/c1-18-8-7-14-28-16-20(26-23(18)28)17-30-22-11-4-3-10-21(22)24(29)27(2)15-12-19-9-5-6-13-25-19/h3-11,13-14,16H,12,15,17H2,1-2H3.